The maximum atomic E-state index is 13.0. The number of nitrogens with zero attached hydrogens (tertiary/aromatic N) is 1. The summed E-state index contributed by atoms with van der Waals surface area (Å²) in [7, 11) is -1.46. The summed E-state index contributed by atoms with van der Waals surface area (Å²) in [6.07, 6.45) is 0.667. The number of rotatable bonds is 8. The van der Waals surface area contributed by atoms with Crippen molar-refractivity contribution in [3.05, 3.63) is 35.4 Å². The number of aryl methyl sites for hydroxylation is 1. The number of nitrogens with two attached hydrogens (primary N) is 1. The smallest absolute Gasteiger partial charge is 0.417 e. The van der Waals surface area contributed by atoms with Crippen LogP contribution in [0.15, 0.2) is 24.3 Å². The Bertz CT molecular complexity index is 994. The van der Waals surface area contributed by atoms with Crippen LogP contribution in [-0.2, 0) is 20.7 Å². The van der Waals surface area contributed by atoms with E-state index in [1.165, 1.54) is 0 Å². The van der Waals surface area contributed by atoms with Crippen LogP contribution < -0.4 is 11.1 Å². The maximum Gasteiger partial charge on any atom is 0.417 e. The van der Waals surface area contributed by atoms with E-state index in [0.29, 0.717) is 6.42 Å². The molecule has 0 heterocycles. The van der Waals surface area contributed by atoms with Gasteiger partial charge in [-0.05, 0) is 78.5 Å². The number of nitrogens with one attached hydrogen (secondary N) is 1. The maximum absolute atomic E-state index is 13.0. The Morgan fingerprint density at radius 3 is 2.22 bits per heavy atom. The van der Waals surface area contributed by atoms with Gasteiger partial charge in [-0.25, -0.2) is 14.5 Å². The first-order valence-electron chi connectivity index (χ1n) is 12.8. The van der Waals surface area contributed by atoms with E-state index in [9.17, 15) is 14.4 Å². The van der Waals surface area contributed by atoms with Gasteiger partial charge in [-0.3, -0.25) is 4.79 Å². The summed E-state index contributed by atoms with van der Waals surface area (Å²) in [5, 5.41) is 2.48. The third kappa shape index (κ3) is 14.5. The molecule has 0 saturated heterocycles. The molecule has 37 heavy (non-hydrogen) atoms. The van der Waals surface area contributed by atoms with Gasteiger partial charge < -0.3 is 20.5 Å². The quantitative estimate of drug-likeness (QED) is 0.282. The Balaban J connectivity index is 2.79. The van der Waals surface area contributed by atoms with Crippen LogP contribution in [0.5, 0.6) is 0 Å². The molecule has 206 valence electrons. The molecule has 0 aliphatic rings. The molecular formula is C28H45N3O5Si. The van der Waals surface area contributed by atoms with Crippen molar-refractivity contribution in [1.82, 2.24) is 10.2 Å². The summed E-state index contributed by atoms with van der Waals surface area (Å²) in [5.41, 5.74) is 10.1. The highest BCUT2D eigenvalue weighted by atomic mass is 28.3. The fourth-order valence-electron chi connectivity index (χ4n) is 3.07. The highest BCUT2D eigenvalue weighted by molar-refractivity contribution is 6.83. The van der Waals surface area contributed by atoms with Crippen molar-refractivity contribution in [3.63, 3.8) is 0 Å². The molecule has 8 nitrogen and oxygen atoms in total. The van der Waals surface area contributed by atoms with Gasteiger partial charge in [0.25, 0.3) is 5.91 Å². The summed E-state index contributed by atoms with van der Waals surface area (Å²) in [6, 6.07) is 7.02. The first-order chi connectivity index (χ1) is 16.9. The van der Waals surface area contributed by atoms with E-state index in [-0.39, 0.29) is 13.1 Å². The normalized spacial score (nSPS) is 12.6. The van der Waals surface area contributed by atoms with Crippen molar-refractivity contribution < 1.29 is 23.9 Å². The van der Waals surface area contributed by atoms with Crippen LogP contribution in [0.2, 0.25) is 19.6 Å². The monoisotopic (exact) mass is 531 g/mol. The van der Waals surface area contributed by atoms with Crippen molar-refractivity contribution in [2.45, 2.75) is 97.7 Å². The Morgan fingerprint density at radius 1 is 1.03 bits per heavy atom. The molecule has 3 amide bonds. The summed E-state index contributed by atoms with van der Waals surface area (Å²) in [6.45, 7) is 17.0. The minimum absolute atomic E-state index is 0.156. The number of hydrogen-bond donors (Lipinski definition) is 2. The van der Waals surface area contributed by atoms with Crippen LogP contribution >= 0.6 is 0 Å². The Hall–Kier alpha value is -2.83. The summed E-state index contributed by atoms with van der Waals surface area (Å²) in [4.78, 5) is 38.8. The Labute approximate surface area is 223 Å². The summed E-state index contributed by atoms with van der Waals surface area (Å²) >= 11 is 0. The van der Waals surface area contributed by atoms with Crippen molar-refractivity contribution in [3.8, 4) is 11.5 Å². The summed E-state index contributed by atoms with van der Waals surface area (Å²) in [5.74, 6) is 2.66. The van der Waals surface area contributed by atoms with E-state index in [2.05, 4.69) is 48.6 Å². The standard InChI is InChI=1S/C28H45N3O5Si/c1-27(2,3)35-25(33)30-20-23(29)24(32)31(26(34)36-28(4,5)6)17-11-10-13-21-14-12-15-22(19-21)16-18-37(7,8)9/h12,14-15,19,23H,10-11,13,17,20,29H2,1-9H3,(H,30,33)/t23-/m0/s1. The second-order valence-corrected chi connectivity index (χ2v) is 16.9. The van der Waals surface area contributed by atoms with Gasteiger partial charge in [0, 0.05) is 18.7 Å². The molecule has 0 aromatic heterocycles. The van der Waals surface area contributed by atoms with Crippen LogP contribution in [0.3, 0.4) is 0 Å². The third-order valence-electron chi connectivity index (χ3n) is 4.67. The molecule has 1 aromatic carbocycles. The van der Waals surface area contributed by atoms with Gasteiger partial charge in [0.1, 0.15) is 25.3 Å². The molecule has 0 unspecified atom stereocenters. The Kier molecular flexibility index (Phi) is 11.9. The molecule has 3 N–H and O–H groups in total. The highest BCUT2D eigenvalue weighted by Crippen LogP contribution is 2.14. The number of amides is 3. The van der Waals surface area contributed by atoms with Gasteiger partial charge in [-0.15, -0.1) is 5.54 Å². The molecule has 1 aromatic rings. The van der Waals surface area contributed by atoms with E-state index in [0.717, 1.165) is 28.9 Å². The molecular weight excluding hydrogens is 486 g/mol. The molecule has 1 rings (SSSR count). The van der Waals surface area contributed by atoms with Gasteiger partial charge in [-0.2, -0.15) is 0 Å². The molecule has 1 atom stereocenters. The minimum atomic E-state index is -1.46. The van der Waals surface area contributed by atoms with Crippen LogP contribution in [0.4, 0.5) is 9.59 Å². The van der Waals surface area contributed by atoms with Crippen molar-refractivity contribution >= 4 is 26.2 Å². The van der Waals surface area contributed by atoms with Crippen LogP contribution in [0.1, 0.15) is 65.5 Å². The predicted molar refractivity (Wildman–Crippen MR) is 150 cm³/mol. The lowest BCUT2D eigenvalue weighted by Crippen LogP contribution is -2.53. The zero-order valence-corrected chi connectivity index (χ0v) is 25.0. The number of benzene rings is 1. The van der Waals surface area contributed by atoms with E-state index < -0.39 is 43.4 Å². The lowest BCUT2D eigenvalue weighted by atomic mass is 10.1. The molecule has 0 radical (unpaired) electrons. The fourth-order valence-corrected chi connectivity index (χ4v) is 3.59. The first kappa shape index (κ1) is 32.2. The SMILES string of the molecule is CC(C)(C)OC(=O)NC[C@H](N)C(=O)N(CCCCc1cccc(C#C[Si](C)(C)C)c1)C(=O)OC(C)(C)C. The average molecular weight is 532 g/mol. The highest BCUT2D eigenvalue weighted by Gasteiger charge is 2.30. The number of hydrogen-bond acceptors (Lipinski definition) is 6. The van der Waals surface area contributed by atoms with Gasteiger partial charge in [-0.1, -0.05) is 37.7 Å². The van der Waals surface area contributed by atoms with Crippen LogP contribution in [0, 0.1) is 11.5 Å². The summed E-state index contributed by atoms with van der Waals surface area (Å²) < 4.78 is 10.6. The number of imide groups is 1. The third-order valence-corrected chi connectivity index (χ3v) is 5.54. The van der Waals surface area contributed by atoms with E-state index in [1.807, 2.05) is 12.1 Å². The molecule has 0 bridgehead atoms. The fraction of sp³-hybridized carbons (Fsp3) is 0.607. The predicted octanol–water partition coefficient (Wildman–Crippen LogP) is 4.85. The molecule has 0 aliphatic heterocycles. The zero-order valence-electron chi connectivity index (χ0n) is 24.0. The molecule has 0 saturated carbocycles. The van der Waals surface area contributed by atoms with Crippen LogP contribution in [0.25, 0.3) is 0 Å². The Morgan fingerprint density at radius 2 is 1.65 bits per heavy atom. The number of unbranched alkanes of at least 4 members (excludes halogenated alkanes) is 1. The van der Waals surface area contributed by atoms with Gasteiger partial charge in [0.15, 0.2) is 0 Å². The topological polar surface area (TPSA) is 111 Å². The second kappa shape index (κ2) is 13.6. The zero-order chi connectivity index (χ0) is 28.4. The van der Waals surface area contributed by atoms with Gasteiger partial charge >= 0.3 is 12.2 Å². The van der Waals surface area contributed by atoms with E-state index >= 15 is 0 Å². The van der Waals surface area contributed by atoms with Crippen molar-refractivity contribution in [2.75, 3.05) is 13.1 Å². The molecule has 0 spiro atoms. The van der Waals surface area contributed by atoms with Crippen molar-refractivity contribution in [2.24, 2.45) is 5.73 Å². The van der Waals surface area contributed by atoms with Gasteiger partial charge in [0.2, 0.25) is 0 Å². The lowest BCUT2D eigenvalue weighted by Gasteiger charge is -2.28. The second-order valence-electron chi connectivity index (χ2n) is 12.1. The number of ether oxygens (including phenoxy) is 2. The number of carbonyl (C=O) groups excluding carboxylic acids is 3. The number of alkyl carbamates (subject to hydrolysis) is 1. The van der Waals surface area contributed by atoms with E-state index in [4.69, 9.17) is 15.2 Å². The molecule has 0 fully saturated rings. The average Bonchev–Trinajstić information content (AvgIpc) is 2.73. The van der Waals surface area contributed by atoms with Gasteiger partial charge in [0.05, 0.1) is 0 Å². The van der Waals surface area contributed by atoms with Crippen molar-refractivity contribution in [1.29, 1.82) is 0 Å². The molecule has 9 heteroatoms. The lowest BCUT2D eigenvalue weighted by molar-refractivity contribution is -0.131. The molecule has 0 aliphatic carbocycles. The minimum Gasteiger partial charge on any atom is -0.444 e. The largest absolute Gasteiger partial charge is 0.444 e. The van der Waals surface area contributed by atoms with Crippen LogP contribution in [-0.4, -0.2) is 61.4 Å². The first-order valence-corrected chi connectivity index (χ1v) is 16.3. The van der Waals surface area contributed by atoms with E-state index in [1.54, 1.807) is 41.5 Å². The number of carbonyl (C=O) groups is 3.